The van der Waals surface area contributed by atoms with E-state index < -0.39 is 11.7 Å². The smallest absolute Gasteiger partial charge is 0.354 e. The summed E-state index contributed by atoms with van der Waals surface area (Å²) < 4.78 is 38.5. The van der Waals surface area contributed by atoms with Gasteiger partial charge in [0.25, 0.3) is 0 Å². The molecule has 0 amide bonds. The maximum absolute atomic E-state index is 12.8. The predicted molar refractivity (Wildman–Crippen MR) is 90.4 cm³/mol. The summed E-state index contributed by atoms with van der Waals surface area (Å²) in [4.78, 5) is 13.0. The van der Waals surface area contributed by atoms with Gasteiger partial charge in [0.1, 0.15) is 12.1 Å². The van der Waals surface area contributed by atoms with Crippen molar-refractivity contribution in [2.24, 2.45) is 0 Å². The number of hydrogen-bond donors (Lipinski definition) is 0. The van der Waals surface area contributed by atoms with Crippen molar-refractivity contribution in [3.63, 3.8) is 0 Å². The number of hydrogen-bond acceptors (Lipinski definition) is 4. The predicted octanol–water partition coefficient (Wildman–Crippen LogP) is 3.43. The minimum atomic E-state index is -4.29. The van der Waals surface area contributed by atoms with Crippen LogP contribution in [0, 0.1) is 13.8 Å². The summed E-state index contributed by atoms with van der Waals surface area (Å²) in [5.41, 5.74) is 2.15. The second kappa shape index (κ2) is 7.00. The SMILES string of the molecule is Cc1ncnc(N2CCN(Cc3cccc(C(F)(F)F)c3)CC2)c1C. The van der Waals surface area contributed by atoms with Crippen molar-refractivity contribution in [2.45, 2.75) is 26.6 Å². The molecule has 0 radical (unpaired) electrons. The Bertz CT molecular complexity index is 737. The normalized spacial score (nSPS) is 16.3. The zero-order valence-corrected chi connectivity index (χ0v) is 14.3. The number of anilines is 1. The fourth-order valence-electron chi connectivity index (χ4n) is 3.07. The molecule has 1 aliphatic heterocycles. The van der Waals surface area contributed by atoms with Gasteiger partial charge in [-0.2, -0.15) is 13.2 Å². The quantitative estimate of drug-likeness (QED) is 0.849. The first kappa shape index (κ1) is 17.7. The number of nitrogens with zero attached hydrogens (tertiary/aromatic N) is 4. The molecule has 1 aliphatic rings. The molecule has 0 N–H and O–H groups in total. The molecule has 0 aliphatic carbocycles. The van der Waals surface area contributed by atoms with Crippen LogP contribution in [-0.2, 0) is 12.7 Å². The van der Waals surface area contributed by atoms with Crippen molar-refractivity contribution in [3.8, 4) is 0 Å². The molecule has 1 saturated heterocycles. The van der Waals surface area contributed by atoms with E-state index in [0.29, 0.717) is 12.1 Å². The number of halogens is 3. The van der Waals surface area contributed by atoms with E-state index in [0.717, 1.165) is 49.3 Å². The average molecular weight is 350 g/mol. The number of aromatic nitrogens is 2. The summed E-state index contributed by atoms with van der Waals surface area (Å²) in [6.45, 7) is 7.69. The number of benzene rings is 1. The molecule has 25 heavy (non-hydrogen) atoms. The number of piperazine rings is 1. The van der Waals surface area contributed by atoms with E-state index in [4.69, 9.17) is 0 Å². The van der Waals surface area contributed by atoms with Crippen LogP contribution in [0.25, 0.3) is 0 Å². The van der Waals surface area contributed by atoms with E-state index in [9.17, 15) is 13.2 Å². The maximum Gasteiger partial charge on any atom is 0.416 e. The van der Waals surface area contributed by atoms with Crippen molar-refractivity contribution < 1.29 is 13.2 Å². The summed E-state index contributed by atoms with van der Waals surface area (Å²) in [5.74, 6) is 0.950. The monoisotopic (exact) mass is 350 g/mol. The third-order valence-corrected chi connectivity index (χ3v) is 4.64. The summed E-state index contributed by atoms with van der Waals surface area (Å²) in [7, 11) is 0. The highest BCUT2D eigenvalue weighted by Gasteiger charge is 2.30. The van der Waals surface area contributed by atoms with Crippen molar-refractivity contribution in [3.05, 3.63) is 53.0 Å². The molecular formula is C18H21F3N4. The molecule has 0 spiro atoms. The van der Waals surface area contributed by atoms with Gasteiger partial charge in [-0.05, 0) is 25.5 Å². The lowest BCUT2D eigenvalue weighted by molar-refractivity contribution is -0.137. The second-order valence-corrected chi connectivity index (χ2v) is 6.37. The van der Waals surface area contributed by atoms with Crippen LogP contribution < -0.4 is 4.90 Å². The van der Waals surface area contributed by atoms with E-state index in [1.165, 1.54) is 12.1 Å². The lowest BCUT2D eigenvalue weighted by Crippen LogP contribution is -2.46. The highest BCUT2D eigenvalue weighted by atomic mass is 19.4. The second-order valence-electron chi connectivity index (χ2n) is 6.37. The van der Waals surface area contributed by atoms with Gasteiger partial charge in [0, 0.05) is 44.0 Å². The molecule has 0 unspecified atom stereocenters. The Hall–Kier alpha value is -2.15. The van der Waals surface area contributed by atoms with Gasteiger partial charge in [-0.3, -0.25) is 4.90 Å². The lowest BCUT2D eigenvalue weighted by Gasteiger charge is -2.36. The molecule has 4 nitrogen and oxygen atoms in total. The third-order valence-electron chi connectivity index (χ3n) is 4.64. The van der Waals surface area contributed by atoms with Crippen LogP contribution in [-0.4, -0.2) is 41.0 Å². The Kier molecular flexibility index (Phi) is 4.94. The number of rotatable bonds is 3. The van der Waals surface area contributed by atoms with Crippen LogP contribution in [0.15, 0.2) is 30.6 Å². The highest BCUT2D eigenvalue weighted by molar-refractivity contribution is 5.47. The lowest BCUT2D eigenvalue weighted by atomic mass is 10.1. The van der Waals surface area contributed by atoms with Crippen LogP contribution in [0.2, 0.25) is 0 Å². The van der Waals surface area contributed by atoms with Crippen molar-refractivity contribution in [1.29, 1.82) is 0 Å². The van der Waals surface area contributed by atoms with Gasteiger partial charge in [-0.1, -0.05) is 18.2 Å². The van der Waals surface area contributed by atoms with E-state index in [2.05, 4.69) is 19.8 Å². The van der Waals surface area contributed by atoms with Gasteiger partial charge < -0.3 is 4.90 Å². The zero-order valence-electron chi connectivity index (χ0n) is 14.3. The Balaban J connectivity index is 1.62. The Morgan fingerprint density at radius 1 is 1.04 bits per heavy atom. The molecule has 0 atom stereocenters. The maximum atomic E-state index is 12.8. The minimum Gasteiger partial charge on any atom is -0.354 e. The summed E-state index contributed by atoms with van der Waals surface area (Å²) in [6.07, 6.45) is -2.72. The number of aryl methyl sites for hydroxylation is 1. The Morgan fingerprint density at radius 2 is 1.76 bits per heavy atom. The summed E-state index contributed by atoms with van der Waals surface area (Å²) >= 11 is 0. The first-order valence-electron chi connectivity index (χ1n) is 8.26. The Morgan fingerprint density at radius 3 is 2.44 bits per heavy atom. The van der Waals surface area contributed by atoms with Crippen LogP contribution in [0.3, 0.4) is 0 Å². The van der Waals surface area contributed by atoms with Gasteiger partial charge in [-0.15, -0.1) is 0 Å². The molecule has 0 bridgehead atoms. The average Bonchev–Trinajstić information content (AvgIpc) is 2.58. The van der Waals surface area contributed by atoms with E-state index in [1.54, 1.807) is 12.4 Å². The van der Waals surface area contributed by atoms with Gasteiger partial charge >= 0.3 is 6.18 Å². The first-order valence-corrected chi connectivity index (χ1v) is 8.26. The molecule has 2 heterocycles. The molecule has 134 valence electrons. The summed E-state index contributed by atoms with van der Waals surface area (Å²) in [6, 6.07) is 5.58. The molecule has 7 heteroatoms. The van der Waals surface area contributed by atoms with Crippen molar-refractivity contribution >= 4 is 5.82 Å². The molecule has 0 saturated carbocycles. The number of alkyl halides is 3. The topological polar surface area (TPSA) is 32.3 Å². The molecule has 2 aromatic rings. The molecule has 1 aromatic heterocycles. The molecule has 1 aromatic carbocycles. The van der Waals surface area contributed by atoms with Crippen LogP contribution in [0.4, 0.5) is 19.0 Å². The van der Waals surface area contributed by atoms with Crippen molar-refractivity contribution in [1.82, 2.24) is 14.9 Å². The van der Waals surface area contributed by atoms with Crippen LogP contribution in [0.5, 0.6) is 0 Å². The first-order chi connectivity index (χ1) is 11.8. The van der Waals surface area contributed by atoms with E-state index in [1.807, 2.05) is 13.8 Å². The van der Waals surface area contributed by atoms with Gasteiger partial charge in [-0.25, -0.2) is 9.97 Å². The largest absolute Gasteiger partial charge is 0.416 e. The standard InChI is InChI=1S/C18H21F3N4/c1-13-14(2)22-12-23-17(13)25-8-6-24(7-9-25)11-15-4-3-5-16(10-15)18(19,20)21/h3-5,10,12H,6-9,11H2,1-2H3. The van der Waals surface area contributed by atoms with Crippen molar-refractivity contribution in [2.75, 3.05) is 31.1 Å². The fraction of sp³-hybridized carbons (Fsp3) is 0.444. The van der Waals surface area contributed by atoms with Gasteiger partial charge in [0.05, 0.1) is 5.56 Å². The fourth-order valence-corrected chi connectivity index (χ4v) is 3.07. The van der Waals surface area contributed by atoms with E-state index >= 15 is 0 Å². The third kappa shape index (κ3) is 4.10. The molecule has 1 fully saturated rings. The van der Waals surface area contributed by atoms with E-state index in [-0.39, 0.29) is 0 Å². The summed E-state index contributed by atoms with van der Waals surface area (Å²) in [5, 5.41) is 0. The molecule has 3 rings (SSSR count). The van der Waals surface area contributed by atoms with Gasteiger partial charge in [0.15, 0.2) is 0 Å². The minimum absolute atomic E-state index is 0.527. The van der Waals surface area contributed by atoms with Crippen LogP contribution >= 0.6 is 0 Å². The zero-order chi connectivity index (χ0) is 18.0. The van der Waals surface area contributed by atoms with Crippen LogP contribution in [0.1, 0.15) is 22.4 Å². The Labute approximate surface area is 145 Å². The molecular weight excluding hydrogens is 329 g/mol. The van der Waals surface area contributed by atoms with Gasteiger partial charge in [0.2, 0.25) is 0 Å². The highest BCUT2D eigenvalue weighted by Crippen LogP contribution is 2.30.